The number of hydrogen-bond donors (Lipinski definition) is 3. The van der Waals surface area contributed by atoms with Gasteiger partial charge in [-0.05, 0) is 42.0 Å². The van der Waals surface area contributed by atoms with Gasteiger partial charge in [-0.2, -0.15) is 13.2 Å². The quantitative estimate of drug-likeness (QED) is 0.397. The summed E-state index contributed by atoms with van der Waals surface area (Å²) in [7, 11) is 1.78. The molecule has 3 N–H and O–H groups in total. The van der Waals surface area contributed by atoms with Gasteiger partial charge >= 0.3 is 12.1 Å². The zero-order valence-electron chi connectivity index (χ0n) is 18.8. The molecule has 0 saturated heterocycles. The van der Waals surface area contributed by atoms with E-state index < -0.39 is 35.2 Å². The van der Waals surface area contributed by atoms with Gasteiger partial charge in [0.2, 0.25) is 0 Å². The first-order chi connectivity index (χ1) is 16.7. The lowest BCUT2D eigenvalue weighted by molar-refractivity contribution is -0.139. The van der Waals surface area contributed by atoms with Gasteiger partial charge in [0, 0.05) is 25.6 Å². The maximum absolute atomic E-state index is 13.2. The molecule has 184 valence electrons. The highest BCUT2D eigenvalue weighted by Crippen LogP contribution is 2.31. The van der Waals surface area contributed by atoms with E-state index in [2.05, 4.69) is 15.6 Å². The van der Waals surface area contributed by atoms with Crippen LogP contribution in [0, 0.1) is 0 Å². The van der Waals surface area contributed by atoms with E-state index in [0.717, 1.165) is 29.7 Å². The molecule has 1 heterocycles. The highest BCUT2D eigenvalue weighted by Gasteiger charge is 2.35. The zero-order chi connectivity index (χ0) is 25.4. The first kappa shape index (κ1) is 25.5. The van der Waals surface area contributed by atoms with Crippen molar-refractivity contribution in [3.8, 4) is 5.75 Å². The normalized spacial score (nSPS) is 12.0. The van der Waals surface area contributed by atoms with Crippen LogP contribution in [0.3, 0.4) is 0 Å². The molecule has 1 aromatic heterocycles. The number of carbonyl (C=O) groups excluding carboxylic acids is 1. The Morgan fingerprint density at radius 2 is 1.74 bits per heavy atom. The van der Waals surface area contributed by atoms with Crippen molar-refractivity contribution in [1.82, 2.24) is 10.3 Å². The number of aromatic nitrogens is 1. The van der Waals surface area contributed by atoms with E-state index in [9.17, 15) is 27.9 Å². The SMILES string of the molecule is CNc1cccc(CCOc2ccc(C[C@H](NC(=O)c3ccccc3C(F)(F)F)C(=O)O)cc2)n1. The van der Waals surface area contributed by atoms with Crippen LogP contribution in [0.1, 0.15) is 27.2 Å². The van der Waals surface area contributed by atoms with Crippen molar-refractivity contribution in [1.29, 1.82) is 0 Å². The van der Waals surface area contributed by atoms with E-state index in [1.54, 1.807) is 31.3 Å². The molecule has 35 heavy (non-hydrogen) atoms. The molecule has 0 bridgehead atoms. The summed E-state index contributed by atoms with van der Waals surface area (Å²) in [6, 6.07) is 15.0. The lowest BCUT2D eigenvalue weighted by atomic mass is 10.0. The average molecular weight is 487 g/mol. The fourth-order valence-electron chi connectivity index (χ4n) is 3.35. The molecule has 0 aliphatic carbocycles. The summed E-state index contributed by atoms with van der Waals surface area (Å²) in [6.45, 7) is 0.381. The van der Waals surface area contributed by atoms with Crippen LogP contribution >= 0.6 is 0 Å². The number of carboxylic acid groups (broad SMARTS) is 1. The number of carbonyl (C=O) groups is 2. The van der Waals surface area contributed by atoms with E-state index in [0.29, 0.717) is 24.3 Å². The molecule has 0 aliphatic rings. The maximum Gasteiger partial charge on any atom is 0.417 e. The lowest BCUT2D eigenvalue weighted by Crippen LogP contribution is -2.42. The molecule has 0 aliphatic heterocycles. The Morgan fingerprint density at radius 1 is 1.03 bits per heavy atom. The minimum absolute atomic E-state index is 0.115. The molecule has 0 fully saturated rings. The number of pyridine rings is 1. The third-order valence-corrected chi connectivity index (χ3v) is 5.13. The van der Waals surface area contributed by atoms with E-state index >= 15 is 0 Å². The van der Waals surface area contributed by atoms with Crippen molar-refractivity contribution in [3.63, 3.8) is 0 Å². The number of benzene rings is 2. The number of hydrogen-bond acceptors (Lipinski definition) is 5. The molecule has 2 aromatic carbocycles. The Balaban J connectivity index is 1.59. The number of anilines is 1. The highest BCUT2D eigenvalue weighted by molar-refractivity contribution is 5.98. The van der Waals surface area contributed by atoms with E-state index in [1.807, 2.05) is 18.2 Å². The first-order valence-corrected chi connectivity index (χ1v) is 10.7. The van der Waals surface area contributed by atoms with Crippen LogP contribution in [0.4, 0.5) is 19.0 Å². The molecule has 0 saturated carbocycles. The van der Waals surface area contributed by atoms with Crippen LogP contribution in [0.25, 0.3) is 0 Å². The zero-order valence-corrected chi connectivity index (χ0v) is 18.8. The van der Waals surface area contributed by atoms with Gasteiger partial charge in [-0.1, -0.05) is 30.3 Å². The van der Waals surface area contributed by atoms with Crippen molar-refractivity contribution in [2.45, 2.75) is 25.1 Å². The van der Waals surface area contributed by atoms with Gasteiger partial charge in [0.1, 0.15) is 17.6 Å². The Labute approximate surface area is 200 Å². The first-order valence-electron chi connectivity index (χ1n) is 10.7. The number of ether oxygens (including phenoxy) is 1. The second-order valence-electron chi connectivity index (χ2n) is 7.62. The van der Waals surface area contributed by atoms with Gasteiger partial charge in [0.05, 0.1) is 17.7 Å². The molecular formula is C25H24F3N3O4. The number of halogens is 3. The number of amides is 1. The van der Waals surface area contributed by atoms with Crippen molar-refractivity contribution < 1.29 is 32.6 Å². The topological polar surface area (TPSA) is 101 Å². The van der Waals surface area contributed by atoms with E-state index in [4.69, 9.17) is 4.74 Å². The van der Waals surface area contributed by atoms with Gasteiger partial charge in [0.25, 0.3) is 5.91 Å². The predicted octanol–water partition coefficient (Wildman–Crippen LogP) is 4.19. The monoisotopic (exact) mass is 487 g/mol. The molecule has 3 rings (SSSR count). The van der Waals surface area contributed by atoms with Crippen LogP contribution in [0.5, 0.6) is 5.75 Å². The number of rotatable bonds is 10. The van der Waals surface area contributed by atoms with Crippen LogP contribution in [-0.4, -0.2) is 41.7 Å². The van der Waals surface area contributed by atoms with Gasteiger partial charge in [-0.3, -0.25) is 4.79 Å². The van der Waals surface area contributed by atoms with Gasteiger partial charge in [-0.15, -0.1) is 0 Å². The Hall–Kier alpha value is -4.08. The van der Waals surface area contributed by atoms with Crippen molar-refractivity contribution >= 4 is 17.7 Å². The number of alkyl halides is 3. The molecule has 10 heteroatoms. The van der Waals surface area contributed by atoms with E-state index in [-0.39, 0.29) is 6.42 Å². The minimum Gasteiger partial charge on any atom is -0.493 e. The molecule has 0 unspecified atom stereocenters. The number of nitrogens with one attached hydrogen (secondary N) is 2. The lowest BCUT2D eigenvalue weighted by Gasteiger charge is -2.17. The fourth-order valence-corrected chi connectivity index (χ4v) is 3.35. The average Bonchev–Trinajstić information content (AvgIpc) is 2.84. The number of aliphatic carboxylic acids is 1. The molecule has 3 aromatic rings. The summed E-state index contributed by atoms with van der Waals surface area (Å²) >= 11 is 0. The number of nitrogens with zero attached hydrogens (tertiary/aromatic N) is 1. The second kappa shape index (κ2) is 11.4. The summed E-state index contributed by atoms with van der Waals surface area (Å²) in [5, 5.41) is 14.7. The van der Waals surface area contributed by atoms with Crippen LogP contribution in [0.15, 0.2) is 66.7 Å². The summed E-state index contributed by atoms with van der Waals surface area (Å²) < 4.78 is 45.3. The molecule has 1 atom stereocenters. The fraction of sp³-hybridized carbons (Fsp3) is 0.240. The van der Waals surface area contributed by atoms with Crippen molar-refractivity contribution in [2.24, 2.45) is 0 Å². The third kappa shape index (κ3) is 7.20. The summed E-state index contributed by atoms with van der Waals surface area (Å²) in [5.74, 6) is -1.15. The van der Waals surface area contributed by atoms with Gasteiger partial charge in [-0.25, -0.2) is 9.78 Å². The standard InChI is InChI=1S/C25H24F3N3O4/c1-29-22-8-4-5-17(30-22)13-14-35-18-11-9-16(10-12-18)15-21(24(33)34)31-23(32)19-6-2-3-7-20(19)25(26,27)28/h2-12,21H,13-15H2,1H3,(H,29,30)(H,31,32)(H,33,34)/t21-/m0/s1. The minimum atomic E-state index is -4.74. The van der Waals surface area contributed by atoms with Crippen molar-refractivity contribution in [3.05, 3.63) is 89.1 Å². The summed E-state index contributed by atoms with van der Waals surface area (Å²) in [6.07, 6.45) is -4.27. The smallest absolute Gasteiger partial charge is 0.417 e. The molecule has 0 radical (unpaired) electrons. The second-order valence-corrected chi connectivity index (χ2v) is 7.62. The number of carboxylic acids is 1. The summed E-state index contributed by atoms with van der Waals surface area (Å²) in [4.78, 5) is 28.5. The van der Waals surface area contributed by atoms with Gasteiger partial charge in [0.15, 0.2) is 0 Å². The maximum atomic E-state index is 13.2. The Bertz CT molecular complexity index is 1170. The molecule has 1 amide bonds. The van der Waals surface area contributed by atoms with Crippen molar-refractivity contribution in [2.75, 3.05) is 19.0 Å². The van der Waals surface area contributed by atoms with E-state index in [1.165, 1.54) is 6.07 Å². The largest absolute Gasteiger partial charge is 0.493 e. The Morgan fingerprint density at radius 3 is 2.40 bits per heavy atom. The van der Waals surface area contributed by atoms with Crippen LogP contribution in [-0.2, 0) is 23.8 Å². The van der Waals surface area contributed by atoms with Crippen LogP contribution < -0.4 is 15.4 Å². The van der Waals surface area contributed by atoms with Crippen LogP contribution in [0.2, 0.25) is 0 Å². The third-order valence-electron chi connectivity index (χ3n) is 5.13. The predicted molar refractivity (Wildman–Crippen MR) is 123 cm³/mol. The summed E-state index contributed by atoms with van der Waals surface area (Å²) in [5.41, 5.74) is -0.334. The molecule has 7 nitrogen and oxygen atoms in total. The Kier molecular flexibility index (Phi) is 8.30. The van der Waals surface area contributed by atoms with Gasteiger partial charge < -0.3 is 20.5 Å². The molecular weight excluding hydrogens is 463 g/mol. The highest BCUT2D eigenvalue weighted by atomic mass is 19.4. The molecule has 0 spiro atoms.